The Morgan fingerprint density at radius 2 is 2.28 bits per heavy atom. The molecule has 3 nitrogen and oxygen atoms in total. The van der Waals surface area contributed by atoms with Crippen molar-refractivity contribution in [2.24, 2.45) is 0 Å². The molecule has 0 radical (unpaired) electrons. The summed E-state index contributed by atoms with van der Waals surface area (Å²) >= 11 is 3.29. The van der Waals surface area contributed by atoms with Crippen LogP contribution in [0.3, 0.4) is 0 Å². The highest BCUT2D eigenvalue weighted by molar-refractivity contribution is 9.10. The first-order chi connectivity index (χ1) is 8.56. The number of nitrogens with zero attached hydrogens (tertiary/aromatic N) is 1. The predicted octanol–water partition coefficient (Wildman–Crippen LogP) is 3.20. The maximum atomic E-state index is 13.4. The summed E-state index contributed by atoms with van der Waals surface area (Å²) in [7, 11) is 0. The van der Waals surface area contributed by atoms with Crippen molar-refractivity contribution in [3.63, 3.8) is 0 Å². The first-order valence-electron chi connectivity index (χ1n) is 5.98. The fraction of sp³-hybridized carbons (Fsp3) is 0.462. The highest BCUT2D eigenvalue weighted by Gasteiger charge is 2.26. The Hall–Kier alpha value is -0.940. The van der Waals surface area contributed by atoms with Gasteiger partial charge in [-0.2, -0.15) is 0 Å². The molecule has 1 atom stereocenters. The summed E-state index contributed by atoms with van der Waals surface area (Å²) in [6, 6.07) is 5.01. The molecule has 1 aliphatic rings. The normalized spacial score (nSPS) is 20.2. The average molecular weight is 316 g/mol. The Bertz CT molecular complexity index is 432. The van der Waals surface area contributed by atoms with Crippen LogP contribution in [0.4, 0.5) is 4.39 Å². The number of carbonyl (C=O) groups is 1. The topological polar surface area (TPSA) is 40.5 Å². The Kier molecular flexibility index (Phi) is 4.35. The largest absolute Gasteiger partial charge is 0.481 e. The minimum absolute atomic E-state index is 0.132. The van der Waals surface area contributed by atoms with E-state index in [1.165, 1.54) is 12.1 Å². The molecule has 5 heteroatoms. The lowest BCUT2D eigenvalue weighted by Crippen LogP contribution is -2.26. The number of hydrogen-bond donors (Lipinski definition) is 1. The van der Waals surface area contributed by atoms with Crippen molar-refractivity contribution in [1.82, 2.24) is 4.90 Å². The third-order valence-electron chi connectivity index (χ3n) is 3.25. The smallest absolute Gasteiger partial charge is 0.304 e. The molecular weight excluding hydrogens is 301 g/mol. The fourth-order valence-electron chi connectivity index (χ4n) is 2.48. The molecule has 0 aliphatic carbocycles. The van der Waals surface area contributed by atoms with Gasteiger partial charge in [0.2, 0.25) is 0 Å². The summed E-state index contributed by atoms with van der Waals surface area (Å²) in [5, 5.41) is 8.72. The van der Waals surface area contributed by atoms with Gasteiger partial charge in [0.15, 0.2) is 0 Å². The predicted molar refractivity (Wildman–Crippen MR) is 69.9 cm³/mol. The molecular formula is C13H15BrFNO2. The van der Waals surface area contributed by atoms with Crippen molar-refractivity contribution in [2.45, 2.75) is 25.3 Å². The minimum Gasteiger partial charge on any atom is -0.481 e. The summed E-state index contributed by atoms with van der Waals surface area (Å²) < 4.78 is 14.1. The molecule has 98 valence electrons. The summed E-state index contributed by atoms with van der Waals surface area (Å²) in [6.45, 7) is 1.40. The Labute approximate surface area is 114 Å². The van der Waals surface area contributed by atoms with Gasteiger partial charge in [0.05, 0.1) is 6.42 Å². The number of likely N-dealkylation sites (tertiary alicyclic amines) is 1. The molecule has 0 spiro atoms. The van der Waals surface area contributed by atoms with Gasteiger partial charge in [-0.1, -0.05) is 15.9 Å². The van der Waals surface area contributed by atoms with Crippen LogP contribution >= 0.6 is 15.9 Å². The third-order valence-corrected chi connectivity index (χ3v) is 3.70. The first kappa shape index (κ1) is 13.5. The van der Waals surface area contributed by atoms with Crippen molar-refractivity contribution >= 4 is 21.9 Å². The molecule has 1 aromatic rings. The molecule has 1 heterocycles. The molecule has 1 aromatic carbocycles. The van der Waals surface area contributed by atoms with E-state index >= 15 is 0 Å². The van der Waals surface area contributed by atoms with E-state index in [1.807, 2.05) is 6.07 Å². The van der Waals surface area contributed by atoms with Crippen LogP contribution < -0.4 is 0 Å². The number of aliphatic carboxylic acids is 1. The van der Waals surface area contributed by atoms with Crippen LogP contribution in [0.1, 0.15) is 30.9 Å². The van der Waals surface area contributed by atoms with Crippen LogP contribution in [0.5, 0.6) is 0 Å². The van der Waals surface area contributed by atoms with Crippen molar-refractivity contribution in [1.29, 1.82) is 0 Å². The second-order valence-corrected chi connectivity index (χ2v) is 5.46. The number of rotatable bonds is 4. The Balaban J connectivity index is 2.12. The van der Waals surface area contributed by atoms with Gasteiger partial charge >= 0.3 is 5.97 Å². The summed E-state index contributed by atoms with van der Waals surface area (Å²) in [5.41, 5.74) is 0.921. The molecule has 0 saturated carbocycles. The molecule has 2 rings (SSSR count). The molecule has 1 saturated heterocycles. The van der Waals surface area contributed by atoms with Gasteiger partial charge in [-0.15, -0.1) is 0 Å². The Morgan fingerprint density at radius 1 is 1.50 bits per heavy atom. The van der Waals surface area contributed by atoms with Crippen LogP contribution in [-0.4, -0.2) is 29.1 Å². The van der Waals surface area contributed by atoms with E-state index in [-0.39, 0.29) is 18.3 Å². The molecule has 0 aromatic heterocycles. The van der Waals surface area contributed by atoms with E-state index in [0.29, 0.717) is 6.54 Å². The third kappa shape index (κ3) is 3.29. The van der Waals surface area contributed by atoms with Crippen LogP contribution in [0.15, 0.2) is 22.7 Å². The van der Waals surface area contributed by atoms with E-state index in [2.05, 4.69) is 20.8 Å². The lowest BCUT2D eigenvalue weighted by atomic mass is 10.0. The maximum absolute atomic E-state index is 13.4. The van der Waals surface area contributed by atoms with E-state index < -0.39 is 5.97 Å². The van der Waals surface area contributed by atoms with Crippen molar-refractivity contribution in [3.05, 3.63) is 34.1 Å². The maximum Gasteiger partial charge on any atom is 0.304 e. The molecule has 0 amide bonds. The monoisotopic (exact) mass is 315 g/mol. The van der Waals surface area contributed by atoms with Crippen LogP contribution in [0.2, 0.25) is 0 Å². The van der Waals surface area contributed by atoms with E-state index in [1.54, 1.807) is 0 Å². The number of benzene rings is 1. The highest BCUT2D eigenvalue weighted by atomic mass is 79.9. The number of halogens is 2. The number of carboxylic acids is 1. The average Bonchev–Trinajstić information content (AvgIpc) is 2.72. The minimum atomic E-state index is -0.791. The van der Waals surface area contributed by atoms with Gasteiger partial charge in [0, 0.05) is 17.1 Å². The van der Waals surface area contributed by atoms with Crippen LogP contribution in [0, 0.1) is 5.82 Å². The summed E-state index contributed by atoms with van der Waals surface area (Å²) in [4.78, 5) is 12.7. The molecule has 1 unspecified atom stereocenters. The zero-order chi connectivity index (χ0) is 13.1. The fourth-order valence-corrected chi connectivity index (χ4v) is 2.96. The van der Waals surface area contributed by atoms with Gasteiger partial charge in [-0.05, 0) is 43.1 Å². The van der Waals surface area contributed by atoms with Gasteiger partial charge in [0.25, 0.3) is 0 Å². The van der Waals surface area contributed by atoms with Gasteiger partial charge < -0.3 is 5.11 Å². The number of hydrogen-bond acceptors (Lipinski definition) is 2. The van der Waals surface area contributed by atoms with Crippen molar-refractivity contribution in [2.75, 3.05) is 13.1 Å². The quantitative estimate of drug-likeness (QED) is 0.927. The lowest BCUT2D eigenvalue weighted by molar-refractivity contribution is -0.137. The zero-order valence-electron chi connectivity index (χ0n) is 9.90. The summed E-state index contributed by atoms with van der Waals surface area (Å²) in [6.07, 6.45) is 2.11. The van der Waals surface area contributed by atoms with Gasteiger partial charge in [0.1, 0.15) is 5.82 Å². The molecule has 1 aliphatic heterocycles. The second kappa shape index (κ2) is 5.80. The highest BCUT2D eigenvalue weighted by Crippen LogP contribution is 2.33. The van der Waals surface area contributed by atoms with Crippen molar-refractivity contribution in [3.8, 4) is 0 Å². The number of carboxylic acid groups (broad SMARTS) is 1. The molecule has 18 heavy (non-hydrogen) atoms. The van der Waals surface area contributed by atoms with Crippen LogP contribution in [-0.2, 0) is 4.79 Å². The molecule has 1 N–H and O–H groups in total. The van der Waals surface area contributed by atoms with Crippen LogP contribution in [0.25, 0.3) is 0 Å². The molecule has 0 bridgehead atoms. The zero-order valence-corrected chi connectivity index (χ0v) is 11.5. The van der Waals surface area contributed by atoms with Gasteiger partial charge in [-0.25, -0.2) is 4.39 Å². The standard InChI is InChI=1S/C13H15BrFNO2/c14-10-6-9(7-11(15)8-10)12-2-1-4-16(12)5-3-13(17)18/h6-8,12H,1-5H2,(H,17,18). The lowest BCUT2D eigenvalue weighted by Gasteiger charge is -2.24. The summed E-state index contributed by atoms with van der Waals surface area (Å²) in [5.74, 6) is -1.05. The Morgan fingerprint density at radius 3 is 2.94 bits per heavy atom. The van der Waals surface area contributed by atoms with E-state index in [9.17, 15) is 9.18 Å². The first-order valence-corrected chi connectivity index (χ1v) is 6.77. The van der Waals surface area contributed by atoms with Gasteiger partial charge in [-0.3, -0.25) is 9.69 Å². The molecule has 1 fully saturated rings. The SMILES string of the molecule is O=C(O)CCN1CCCC1c1cc(F)cc(Br)c1. The van der Waals surface area contributed by atoms with Crippen molar-refractivity contribution < 1.29 is 14.3 Å². The van der Waals surface area contributed by atoms with E-state index in [4.69, 9.17) is 5.11 Å². The second-order valence-electron chi connectivity index (χ2n) is 4.54. The van der Waals surface area contributed by atoms with E-state index in [0.717, 1.165) is 29.4 Å².